The Labute approximate surface area is 110 Å². The van der Waals surface area contributed by atoms with Gasteiger partial charge < -0.3 is 10.4 Å². The van der Waals surface area contributed by atoms with Gasteiger partial charge in [0.05, 0.1) is 4.92 Å². The minimum atomic E-state index is -1.08. The zero-order chi connectivity index (χ0) is 13.9. The predicted molar refractivity (Wildman–Crippen MR) is 70.2 cm³/mol. The van der Waals surface area contributed by atoms with E-state index in [0.717, 1.165) is 19.3 Å². The maximum absolute atomic E-state index is 11.5. The van der Waals surface area contributed by atoms with Gasteiger partial charge in [0.2, 0.25) is 0 Å². The Morgan fingerprint density at radius 1 is 1.26 bits per heavy atom. The van der Waals surface area contributed by atoms with Gasteiger partial charge in [0.15, 0.2) is 0 Å². The highest BCUT2D eigenvalue weighted by molar-refractivity contribution is 5.84. The van der Waals surface area contributed by atoms with Gasteiger partial charge in [-0.2, -0.15) is 0 Å². The second-order valence-electron chi connectivity index (χ2n) is 4.85. The van der Waals surface area contributed by atoms with Gasteiger partial charge in [0.25, 0.3) is 5.69 Å². The van der Waals surface area contributed by atoms with Crippen molar-refractivity contribution in [2.75, 3.05) is 5.32 Å². The molecule has 0 saturated heterocycles. The topological polar surface area (TPSA) is 92.5 Å². The van der Waals surface area contributed by atoms with Crippen molar-refractivity contribution in [1.82, 2.24) is 0 Å². The molecule has 1 aromatic rings. The van der Waals surface area contributed by atoms with E-state index in [1.165, 1.54) is 6.07 Å². The summed E-state index contributed by atoms with van der Waals surface area (Å²) in [5.41, 5.74) is -0.893. The van der Waals surface area contributed by atoms with E-state index in [-0.39, 0.29) is 11.4 Å². The van der Waals surface area contributed by atoms with Crippen LogP contribution >= 0.6 is 0 Å². The van der Waals surface area contributed by atoms with Gasteiger partial charge in [-0.25, -0.2) is 4.79 Å². The van der Waals surface area contributed by atoms with E-state index in [2.05, 4.69) is 5.32 Å². The van der Waals surface area contributed by atoms with E-state index in [9.17, 15) is 20.0 Å². The molecule has 0 atom stereocenters. The average molecular weight is 264 g/mol. The number of rotatable bonds is 4. The van der Waals surface area contributed by atoms with Crippen LogP contribution in [-0.2, 0) is 4.79 Å². The maximum Gasteiger partial charge on any atom is 0.329 e. The van der Waals surface area contributed by atoms with Crippen LogP contribution in [0.1, 0.15) is 32.1 Å². The standard InChI is InChI=1S/C13H16N2O4/c16-12(17)13(8-4-1-5-9-13)14-10-6-2-3-7-11(10)15(18)19/h2-3,6-7,14H,1,4-5,8-9H2,(H,16,17). The minimum absolute atomic E-state index is 0.0892. The number of nitrogens with zero attached hydrogens (tertiary/aromatic N) is 1. The number of anilines is 1. The van der Waals surface area contributed by atoms with Crippen LogP contribution < -0.4 is 5.32 Å². The molecule has 0 spiro atoms. The fourth-order valence-corrected chi connectivity index (χ4v) is 2.54. The number of benzene rings is 1. The molecule has 0 amide bonds. The molecule has 0 unspecified atom stereocenters. The van der Waals surface area contributed by atoms with Gasteiger partial charge >= 0.3 is 5.97 Å². The smallest absolute Gasteiger partial charge is 0.329 e. The number of hydrogen-bond donors (Lipinski definition) is 2. The number of aliphatic carboxylic acids is 1. The number of carboxylic acids is 1. The van der Waals surface area contributed by atoms with Crippen molar-refractivity contribution in [2.24, 2.45) is 0 Å². The molecule has 2 N–H and O–H groups in total. The van der Waals surface area contributed by atoms with Crippen LogP contribution in [0.2, 0.25) is 0 Å². The van der Waals surface area contributed by atoms with Gasteiger partial charge in [-0.3, -0.25) is 10.1 Å². The lowest BCUT2D eigenvalue weighted by Crippen LogP contribution is -2.48. The normalized spacial score (nSPS) is 17.7. The Hall–Kier alpha value is -2.11. The Bertz CT molecular complexity index is 495. The van der Waals surface area contributed by atoms with Crippen LogP contribution in [0.5, 0.6) is 0 Å². The van der Waals surface area contributed by atoms with Crippen molar-refractivity contribution < 1.29 is 14.8 Å². The molecule has 6 heteroatoms. The highest BCUT2D eigenvalue weighted by Gasteiger charge is 2.40. The molecule has 0 aromatic heterocycles. The van der Waals surface area contributed by atoms with Crippen molar-refractivity contribution in [2.45, 2.75) is 37.6 Å². The molecule has 102 valence electrons. The largest absolute Gasteiger partial charge is 0.480 e. The fourth-order valence-electron chi connectivity index (χ4n) is 2.54. The first-order valence-corrected chi connectivity index (χ1v) is 6.30. The minimum Gasteiger partial charge on any atom is -0.480 e. The molecule has 6 nitrogen and oxygen atoms in total. The van der Waals surface area contributed by atoms with Crippen LogP contribution in [-0.4, -0.2) is 21.5 Å². The van der Waals surface area contributed by atoms with Gasteiger partial charge in [0, 0.05) is 6.07 Å². The van der Waals surface area contributed by atoms with Crippen LogP contribution in [0.25, 0.3) is 0 Å². The van der Waals surface area contributed by atoms with Crippen LogP contribution in [0, 0.1) is 10.1 Å². The molecule has 0 heterocycles. The monoisotopic (exact) mass is 264 g/mol. The summed E-state index contributed by atoms with van der Waals surface area (Å²) in [5.74, 6) is -0.939. The summed E-state index contributed by atoms with van der Waals surface area (Å²) in [5, 5.41) is 23.3. The van der Waals surface area contributed by atoms with E-state index >= 15 is 0 Å². The number of nitro benzene ring substituents is 1. The molecule has 2 rings (SSSR count). The first-order valence-electron chi connectivity index (χ1n) is 6.30. The molecular formula is C13H16N2O4. The van der Waals surface area contributed by atoms with Crippen molar-refractivity contribution in [3.63, 3.8) is 0 Å². The predicted octanol–water partition coefficient (Wildman–Crippen LogP) is 2.79. The molecule has 0 radical (unpaired) electrons. The number of carboxylic acid groups (broad SMARTS) is 1. The highest BCUT2D eigenvalue weighted by atomic mass is 16.6. The quantitative estimate of drug-likeness (QED) is 0.644. The number of para-hydroxylation sites is 2. The number of carbonyl (C=O) groups is 1. The fraction of sp³-hybridized carbons (Fsp3) is 0.462. The zero-order valence-electron chi connectivity index (χ0n) is 10.5. The van der Waals surface area contributed by atoms with Gasteiger partial charge in [-0.1, -0.05) is 31.4 Å². The Morgan fingerprint density at radius 3 is 2.47 bits per heavy atom. The van der Waals surface area contributed by atoms with E-state index in [1.807, 2.05) is 0 Å². The lowest BCUT2D eigenvalue weighted by Gasteiger charge is -2.34. The summed E-state index contributed by atoms with van der Waals surface area (Å²) < 4.78 is 0. The third kappa shape index (κ3) is 2.67. The second kappa shape index (κ2) is 5.26. The van der Waals surface area contributed by atoms with Gasteiger partial charge in [0.1, 0.15) is 11.2 Å². The zero-order valence-corrected chi connectivity index (χ0v) is 10.5. The van der Waals surface area contributed by atoms with Crippen molar-refractivity contribution in [3.8, 4) is 0 Å². The molecule has 1 aliphatic rings. The summed E-state index contributed by atoms with van der Waals surface area (Å²) in [6.45, 7) is 0. The van der Waals surface area contributed by atoms with E-state index in [4.69, 9.17) is 0 Å². The third-order valence-electron chi connectivity index (χ3n) is 3.59. The molecule has 1 aliphatic carbocycles. The highest BCUT2D eigenvalue weighted by Crippen LogP contribution is 2.35. The molecule has 0 aliphatic heterocycles. The van der Waals surface area contributed by atoms with Crippen molar-refractivity contribution >= 4 is 17.3 Å². The molecule has 0 bridgehead atoms. The summed E-state index contributed by atoms with van der Waals surface area (Å²) >= 11 is 0. The van der Waals surface area contributed by atoms with Crippen LogP contribution in [0.3, 0.4) is 0 Å². The van der Waals surface area contributed by atoms with Gasteiger partial charge in [-0.15, -0.1) is 0 Å². The lowest BCUT2D eigenvalue weighted by atomic mass is 9.81. The van der Waals surface area contributed by atoms with E-state index < -0.39 is 16.4 Å². The second-order valence-corrected chi connectivity index (χ2v) is 4.85. The van der Waals surface area contributed by atoms with E-state index in [1.54, 1.807) is 18.2 Å². The molecule has 1 saturated carbocycles. The number of nitro groups is 1. The SMILES string of the molecule is O=C(O)C1(Nc2ccccc2[N+](=O)[O-])CCCCC1. The lowest BCUT2D eigenvalue weighted by molar-refractivity contribution is -0.384. The Kier molecular flexibility index (Phi) is 3.69. The third-order valence-corrected chi connectivity index (χ3v) is 3.59. The summed E-state index contributed by atoms with van der Waals surface area (Å²) in [6, 6.07) is 6.16. The van der Waals surface area contributed by atoms with Crippen LogP contribution in [0.4, 0.5) is 11.4 Å². The first kappa shape index (κ1) is 13.3. The Balaban J connectivity index is 2.32. The molecule has 19 heavy (non-hydrogen) atoms. The molecule has 1 aromatic carbocycles. The number of hydrogen-bond acceptors (Lipinski definition) is 4. The first-order chi connectivity index (χ1) is 9.05. The summed E-state index contributed by atoms with van der Waals surface area (Å²) in [4.78, 5) is 22.0. The molecular weight excluding hydrogens is 248 g/mol. The van der Waals surface area contributed by atoms with Gasteiger partial charge in [-0.05, 0) is 18.9 Å². The average Bonchev–Trinajstić information content (AvgIpc) is 2.40. The summed E-state index contributed by atoms with van der Waals surface area (Å²) in [7, 11) is 0. The van der Waals surface area contributed by atoms with Crippen LogP contribution in [0.15, 0.2) is 24.3 Å². The van der Waals surface area contributed by atoms with E-state index in [0.29, 0.717) is 12.8 Å². The Morgan fingerprint density at radius 2 is 1.89 bits per heavy atom. The molecule has 1 fully saturated rings. The number of nitrogens with one attached hydrogen (secondary N) is 1. The van der Waals surface area contributed by atoms with Crippen molar-refractivity contribution in [1.29, 1.82) is 0 Å². The maximum atomic E-state index is 11.5. The van der Waals surface area contributed by atoms with Crippen molar-refractivity contribution in [3.05, 3.63) is 34.4 Å². The summed E-state index contributed by atoms with van der Waals surface area (Å²) in [6.07, 6.45) is 3.64.